The van der Waals surface area contributed by atoms with E-state index in [1.165, 1.54) is 6.39 Å². The molecule has 0 aliphatic rings. The van der Waals surface area contributed by atoms with Crippen LogP contribution in [0.15, 0.2) is 10.8 Å². The predicted molar refractivity (Wildman–Crippen MR) is 30.8 cm³/mol. The van der Waals surface area contributed by atoms with Crippen molar-refractivity contribution in [1.29, 1.82) is 5.26 Å². The fourth-order valence-corrected chi connectivity index (χ4v) is 0.600. The molecule has 1 rings (SSSR count). The van der Waals surface area contributed by atoms with Crippen LogP contribution in [0.2, 0.25) is 5.22 Å². The monoisotopic (exact) mass is 142 g/mol. The fraction of sp³-hybridized carbons (Fsp3) is 0.200. The lowest BCUT2D eigenvalue weighted by molar-refractivity contribution is 0.558. The van der Waals surface area contributed by atoms with Gasteiger partial charge >= 0.3 is 0 Å². The molecule has 0 saturated carbocycles. The number of aromatic nitrogens is 1. The molecule has 3 nitrogen and oxygen atoms in total. The summed E-state index contributed by atoms with van der Waals surface area (Å²) in [6.45, 7) is 0. The van der Waals surface area contributed by atoms with Gasteiger partial charge in [-0.25, -0.2) is 4.98 Å². The number of hydrogen-bond donors (Lipinski definition) is 0. The Balaban J connectivity index is 2.84. The first-order chi connectivity index (χ1) is 4.34. The summed E-state index contributed by atoms with van der Waals surface area (Å²) in [5.74, 6) is 0. The normalized spacial score (nSPS) is 8.89. The molecule has 0 aromatic carbocycles. The number of hydrogen-bond acceptors (Lipinski definition) is 3. The Morgan fingerprint density at radius 3 is 3.11 bits per heavy atom. The molecule has 0 unspecified atom stereocenters. The van der Waals surface area contributed by atoms with Gasteiger partial charge in [0.15, 0.2) is 6.39 Å². The third-order valence-electron chi connectivity index (χ3n) is 0.838. The van der Waals surface area contributed by atoms with E-state index in [-0.39, 0.29) is 11.6 Å². The molecule has 0 aliphatic heterocycles. The van der Waals surface area contributed by atoms with Crippen LogP contribution in [0, 0.1) is 11.3 Å². The van der Waals surface area contributed by atoms with Crippen molar-refractivity contribution >= 4 is 11.6 Å². The van der Waals surface area contributed by atoms with Gasteiger partial charge in [0.05, 0.1) is 12.5 Å². The summed E-state index contributed by atoms with van der Waals surface area (Å²) in [4.78, 5) is 3.68. The molecular weight excluding hydrogens is 140 g/mol. The van der Waals surface area contributed by atoms with Gasteiger partial charge in [-0.1, -0.05) is 0 Å². The minimum atomic E-state index is 0.204. The van der Waals surface area contributed by atoms with E-state index in [1.807, 2.05) is 6.07 Å². The average molecular weight is 143 g/mol. The number of oxazole rings is 1. The van der Waals surface area contributed by atoms with E-state index in [0.29, 0.717) is 5.69 Å². The Labute approximate surface area is 56.9 Å². The molecule has 0 fully saturated rings. The Morgan fingerprint density at radius 1 is 1.89 bits per heavy atom. The molecule has 1 aromatic heterocycles. The lowest BCUT2D eigenvalue weighted by Gasteiger charge is -1.79. The largest absolute Gasteiger partial charge is 0.432 e. The highest BCUT2D eigenvalue weighted by molar-refractivity contribution is 6.29. The average Bonchev–Trinajstić information content (AvgIpc) is 2.18. The topological polar surface area (TPSA) is 49.8 Å². The van der Waals surface area contributed by atoms with Gasteiger partial charge < -0.3 is 4.42 Å². The molecule has 0 N–H and O–H groups in total. The lowest BCUT2D eigenvalue weighted by atomic mass is 10.4. The van der Waals surface area contributed by atoms with Crippen molar-refractivity contribution in [3.63, 3.8) is 0 Å². The molecule has 0 amide bonds. The summed E-state index contributed by atoms with van der Waals surface area (Å²) >= 11 is 5.44. The zero-order valence-corrected chi connectivity index (χ0v) is 5.22. The van der Waals surface area contributed by atoms with Gasteiger partial charge in [-0.15, -0.1) is 0 Å². The molecular formula is C5H3ClN2O. The summed E-state index contributed by atoms with van der Waals surface area (Å²) in [6.07, 6.45) is 1.42. The zero-order valence-electron chi connectivity index (χ0n) is 4.47. The van der Waals surface area contributed by atoms with Gasteiger partial charge in [0, 0.05) is 0 Å². The van der Waals surface area contributed by atoms with Crippen LogP contribution in [0.5, 0.6) is 0 Å². The van der Waals surface area contributed by atoms with E-state index in [2.05, 4.69) is 9.40 Å². The molecule has 0 bridgehead atoms. The summed E-state index contributed by atoms with van der Waals surface area (Å²) in [5, 5.41) is 8.38. The van der Waals surface area contributed by atoms with Gasteiger partial charge in [0.25, 0.3) is 0 Å². The van der Waals surface area contributed by atoms with Crippen molar-refractivity contribution in [2.24, 2.45) is 0 Å². The van der Waals surface area contributed by atoms with Gasteiger partial charge in [0.2, 0.25) is 5.22 Å². The van der Waals surface area contributed by atoms with Crippen LogP contribution in [-0.2, 0) is 6.42 Å². The third-order valence-corrected chi connectivity index (χ3v) is 1.15. The van der Waals surface area contributed by atoms with E-state index in [1.54, 1.807) is 0 Å². The van der Waals surface area contributed by atoms with E-state index in [0.717, 1.165) is 0 Å². The smallest absolute Gasteiger partial charge is 0.217 e. The summed E-state index contributed by atoms with van der Waals surface area (Å²) < 4.78 is 4.62. The highest BCUT2D eigenvalue weighted by Gasteiger charge is 2.01. The molecule has 0 aliphatic carbocycles. The lowest BCUT2D eigenvalue weighted by Crippen LogP contribution is -1.79. The SMILES string of the molecule is N#CCc1ncoc1Cl. The minimum absolute atomic E-state index is 0.204. The van der Waals surface area contributed by atoms with Crippen molar-refractivity contribution < 1.29 is 4.42 Å². The molecule has 0 saturated heterocycles. The summed E-state index contributed by atoms with van der Waals surface area (Å²) in [6, 6.07) is 1.90. The zero-order chi connectivity index (χ0) is 6.69. The van der Waals surface area contributed by atoms with Crippen LogP contribution < -0.4 is 0 Å². The van der Waals surface area contributed by atoms with Crippen molar-refractivity contribution in [3.05, 3.63) is 17.3 Å². The summed E-state index contributed by atoms with van der Waals surface area (Å²) in [7, 11) is 0. The number of nitriles is 1. The Bertz CT molecular complexity index is 237. The second kappa shape index (κ2) is 2.51. The molecule has 1 heterocycles. The molecule has 0 atom stereocenters. The Morgan fingerprint density at radius 2 is 2.67 bits per heavy atom. The highest BCUT2D eigenvalue weighted by Crippen LogP contribution is 2.12. The van der Waals surface area contributed by atoms with E-state index < -0.39 is 0 Å². The Hall–Kier alpha value is -1.01. The maximum atomic E-state index is 8.17. The first kappa shape index (κ1) is 6.12. The fourth-order valence-electron chi connectivity index (χ4n) is 0.445. The molecule has 4 heteroatoms. The van der Waals surface area contributed by atoms with Crippen LogP contribution in [0.3, 0.4) is 0 Å². The summed E-state index contributed by atoms with van der Waals surface area (Å²) in [5.41, 5.74) is 0.499. The quantitative estimate of drug-likeness (QED) is 0.596. The molecule has 46 valence electrons. The van der Waals surface area contributed by atoms with Crippen molar-refractivity contribution in [2.75, 3.05) is 0 Å². The van der Waals surface area contributed by atoms with Crippen LogP contribution in [0.1, 0.15) is 5.69 Å². The van der Waals surface area contributed by atoms with Crippen molar-refractivity contribution in [3.8, 4) is 6.07 Å². The van der Waals surface area contributed by atoms with E-state index >= 15 is 0 Å². The molecule has 9 heavy (non-hydrogen) atoms. The van der Waals surface area contributed by atoms with Crippen LogP contribution in [-0.4, -0.2) is 4.98 Å². The van der Waals surface area contributed by atoms with Gasteiger partial charge in [-0.05, 0) is 11.6 Å². The Kier molecular flexibility index (Phi) is 1.71. The van der Waals surface area contributed by atoms with Crippen molar-refractivity contribution in [1.82, 2.24) is 4.98 Å². The number of nitrogens with zero attached hydrogens (tertiary/aromatic N) is 2. The van der Waals surface area contributed by atoms with Crippen molar-refractivity contribution in [2.45, 2.75) is 6.42 Å². The highest BCUT2D eigenvalue weighted by atomic mass is 35.5. The van der Waals surface area contributed by atoms with Gasteiger partial charge in [-0.3, -0.25) is 0 Å². The number of halogens is 1. The first-order valence-corrected chi connectivity index (χ1v) is 2.67. The standard InChI is InChI=1S/C5H3ClN2O/c6-5-4(1-2-7)8-3-9-5/h3H,1H2. The van der Waals surface area contributed by atoms with Crippen LogP contribution >= 0.6 is 11.6 Å². The number of rotatable bonds is 1. The minimum Gasteiger partial charge on any atom is -0.432 e. The molecule has 0 radical (unpaired) electrons. The second-order valence-electron chi connectivity index (χ2n) is 1.41. The van der Waals surface area contributed by atoms with E-state index in [9.17, 15) is 0 Å². The molecule has 1 aromatic rings. The maximum Gasteiger partial charge on any atom is 0.217 e. The third kappa shape index (κ3) is 1.21. The molecule has 0 spiro atoms. The van der Waals surface area contributed by atoms with Gasteiger partial charge in [0.1, 0.15) is 5.69 Å². The second-order valence-corrected chi connectivity index (χ2v) is 1.75. The predicted octanol–water partition coefficient (Wildman–Crippen LogP) is 1.39. The van der Waals surface area contributed by atoms with Gasteiger partial charge in [-0.2, -0.15) is 5.26 Å². The van der Waals surface area contributed by atoms with Crippen LogP contribution in [0.25, 0.3) is 0 Å². The van der Waals surface area contributed by atoms with E-state index in [4.69, 9.17) is 16.9 Å². The van der Waals surface area contributed by atoms with Crippen LogP contribution in [0.4, 0.5) is 0 Å². The first-order valence-electron chi connectivity index (χ1n) is 2.29. The maximum absolute atomic E-state index is 8.17.